The molecule has 2 rings (SSSR count). The van der Waals surface area contributed by atoms with E-state index in [4.69, 9.17) is 11.6 Å². The fourth-order valence-electron chi connectivity index (χ4n) is 2.10. The Kier molecular flexibility index (Phi) is 6.09. The number of hydrogen-bond donors (Lipinski definition) is 2. The highest BCUT2D eigenvalue weighted by atomic mass is 35.5. The summed E-state index contributed by atoms with van der Waals surface area (Å²) in [5.74, 6) is -0.242. The first-order chi connectivity index (χ1) is 11.4. The van der Waals surface area contributed by atoms with Crippen molar-refractivity contribution >= 4 is 23.2 Å². The van der Waals surface area contributed by atoms with E-state index >= 15 is 0 Å². The SMILES string of the molecule is O=C(CCNc1ccc(Cl)cc1C(F)(F)F)NCc1ccccc1. The van der Waals surface area contributed by atoms with Gasteiger partial charge in [-0.3, -0.25) is 4.79 Å². The van der Waals surface area contributed by atoms with Crippen LogP contribution in [0.1, 0.15) is 17.5 Å². The van der Waals surface area contributed by atoms with Crippen molar-refractivity contribution < 1.29 is 18.0 Å². The minimum absolute atomic E-state index is 0.00785. The van der Waals surface area contributed by atoms with Crippen LogP contribution >= 0.6 is 11.6 Å². The predicted molar refractivity (Wildman–Crippen MR) is 87.8 cm³/mol. The predicted octanol–water partition coefficient (Wildman–Crippen LogP) is 4.48. The number of anilines is 1. The van der Waals surface area contributed by atoms with E-state index in [0.29, 0.717) is 6.54 Å². The molecule has 0 aromatic heterocycles. The van der Waals surface area contributed by atoms with Gasteiger partial charge in [-0.1, -0.05) is 41.9 Å². The van der Waals surface area contributed by atoms with Gasteiger partial charge in [-0.15, -0.1) is 0 Å². The number of carbonyl (C=O) groups excluding carboxylic acids is 1. The van der Waals surface area contributed by atoms with Gasteiger partial charge in [0.2, 0.25) is 5.91 Å². The molecule has 2 aromatic rings. The first-order valence-corrected chi connectivity index (χ1v) is 7.65. The number of amides is 1. The Hall–Kier alpha value is -2.21. The van der Waals surface area contributed by atoms with Gasteiger partial charge in [0.1, 0.15) is 0 Å². The fourth-order valence-corrected chi connectivity index (χ4v) is 2.27. The maximum atomic E-state index is 12.9. The second kappa shape index (κ2) is 8.06. The van der Waals surface area contributed by atoms with Crippen molar-refractivity contribution in [3.8, 4) is 0 Å². The van der Waals surface area contributed by atoms with E-state index in [1.807, 2.05) is 30.3 Å². The van der Waals surface area contributed by atoms with Crippen LogP contribution in [-0.2, 0) is 17.5 Å². The molecule has 2 aromatic carbocycles. The molecule has 0 saturated carbocycles. The molecule has 0 fully saturated rings. The standard InChI is InChI=1S/C17H16ClF3N2O/c18-13-6-7-15(14(10-13)17(19,20)21)22-9-8-16(24)23-11-12-4-2-1-3-5-12/h1-7,10,22H,8-9,11H2,(H,23,24). The van der Waals surface area contributed by atoms with Crippen molar-refractivity contribution in [3.05, 3.63) is 64.7 Å². The van der Waals surface area contributed by atoms with Crippen molar-refractivity contribution in [2.45, 2.75) is 19.1 Å². The topological polar surface area (TPSA) is 41.1 Å². The van der Waals surface area contributed by atoms with Crippen LogP contribution in [0.4, 0.5) is 18.9 Å². The van der Waals surface area contributed by atoms with Crippen LogP contribution in [0.25, 0.3) is 0 Å². The van der Waals surface area contributed by atoms with Crippen LogP contribution in [0, 0.1) is 0 Å². The van der Waals surface area contributed by atoms with Gasteiger partial charge in [0, 0.05) is 30.2 Å². The van der Waals surface area contributed by atoms with Gasteiger partial charge < -0.3 is 10.6 Å². The summed E-state index contributed by atoms with van der Waals surface area (Å²) in [6.45, 7) is 0.472. The minimum Gasteiger partial charge on any atom is -0.384 e. The minimum atomic E-state index is -4.51. The summed E-state index contributed by atoms with van der Waals surface area (Å²) >= 11 is 5.61. The van der Waals surface area contributed by atoms with E-state index in [0.717, 1.165) is 11.6 Å². The largest absolute Gasteiger partial charge is 0.418 e. The van der Waals surface area contributed by atoms with E-state index in [1.165, 1.54) is 12.1 Å². The normalized spacial score (nSPS) is 11.2. The number of carbonyl (C=O) groups is 1. The van der Waals surface area contributed by atoms with Crippen LogP contribution in [0.5, 0.6) is 0 Å². The first-order valence-electron chi connectivity index (χ1n) is 7.27. The average Bonchev–Trinajstić information content (AvgIpc) is 2.54. The quantitative estimate of drug-likeness (QED) is 0.801. The van der Waals surface area contributed by atoms with E-state index in [1.54, 1.807) is 0 Å². The zero-order chi connectivity index (χ0) is 17.6. The molecule has 7 heteroatoms. The molecule has 3 nitrogen and oxygen atoms in total. The maximum absolute atomic E-state index is 12.9. The highest BCUT2D eigenvalue weighted by Gasteiger charge is 2.33. The smallest absolute Gasteiger partial charge is 0.384 e. The molecule has 0 heterocycles. The zero-order valence-corrected chi connectivity index (χ0v) is 13.4. The third kappa shape index (κ3) is 5.45. The second-order valence-electron chi connectivity index (χ2n) is 5.13. The third-order valence-electron chi connectivity index (χ3n) is 3.29. The van der Waals surface area contributed by atoms with Crippen molar-refractivity contribution in [2.75, 3.05) is 11.9 Å². The molecule has 0 bridgehead atoms. The van der Waals surface area contributed by atoms with Gasteiger partial charge >= 0.3 is 6.18 Å². The van der Waals surface area contributed by atoms with Crippen LogP contribution in [-0.4, -0.2) is 12.5 Å². The van der Waals surface area contributed by atoms with Crippen LogP contribution in [0.15, 0.2) is 48.5 Å². The molecular formula is C17H16ClF3N2O. The third-order valence-corrected chi connectivity index (χ3v) is 3.52. The van der Waals surface area contributed by atoms with Gasteiger partial charge in [0.25, 0.3) is 0 Å². The molecule has 0 unspecified atom stereocenters. The summed E-state index contributed by atoms with van der Waals surface area (Å²) in [7, 11) is 0. The Labute approximate surface area is 142 Å². The monoisotopic (exact) mass is 356 g/mol. The summed E-state index contributed by atoms with van der Waals surface area (Å²) in [4.78, 5) is 11.7. The van der Waals surface area contributed by atoms with Gasteiger partial charge in [0.15, 0.2) is 0 Å². The molecule has 0 atom stereocenters. The molecule has 1 amide bonds. The van der Waals surface area contributed by atoms with E-state index in [9.17, 15) is 18.0 Å². The van der Waals surface area contributed by atoms with Crippen LogP contribution in [0.3, 0.4) is 0 Å². The lowest BCUT2D eigenvalue weighted by Crippen LogP contribution is -2.25. The van der Waals surface area contributed by atoms with E-state index < -0.39 is 11.7 Å². The van der Waals surface area contributed by atoms with Gasteiger partial charge in [-0.05, 0) is 23.8 Å². The average molecular weight is 357 g/mol. The zero-order valence-electron chi connectivity index (χ0n) is 12.7. The Bertz CT molecular complexity index is 690. The molecule has 24 heavy (non-hydrogen) atoms. The summed E-state index contributed by atoms with van der Waals surface area (Å²) < 4.78 is 38.8. The van der Waals surface area contributed by atoms with Gasteiger partial charge in [-0.25, -0.2) is 0 Å². The second-order valence-corrected chi connectivity index (χ2v) is 5.56. The van der Waals surface area contributed by atoms with Crippen molar-refractivity contribution in [1.82, 2.24) is 5.32 Å². The van der Waals surface area contributed by atoms with Crippen molar-refractivity contribution in [3.63, 3.8) is 0 Å². The van der Waals surface area contributed by atoms with Crippen molar-refractivity contribution in [1.29, 1.82) is 0 Å². The fraction of sp³-hybridized carbons (Fsp3) is 0.235. The number of nitrogens with one attached hydrogen (secondary N) is 2. The molecule has 128 valence electrons. The lowest BCUT2D eigenvalue weighted by molar-refractivity contribution is -0.137. The van der Waals surface area contributed by atoms with Crippen molar-refractivity contribution in [2.24, 2.45) is 0 Å². The number of halogens is 4. The molecule has 2 N–H and O–H groups in total. The molecule has 0 spiro atoms. The molecule has 0 radical (unpaired) electrons. The van der Waals surface area contributed by atoms with E-state index in [-0.39, 0.29) is 29.6 Å². The molecule has 0 aliphatic carbocycles. The Balaban J connectivity index is 1.85. The van der Waals surface area contributed by atoms with E-state index in [2.05, 4.69) is 10.6 Å². The van der Waals surface area contributed by atoms with Crippen LogP contribution in [0.2, 0.25) is 5.02 Å². The van der Waals surface area contributed by atoms with Crippen LogP contribution < -0.4 is 10.6 Å². The molecular weight excluding hydrogens is 341 g/mol. The number of alkyl halides is 3. The van der Waals surface area contributed by atoms with Gasteiger partial charge in [0.05, 0.1) is 5.56 Å². The lowest BCUT2D eigenvalue weighted by atomic mass is 10.1. The first kappa shape index (κ1) is 18.1. The number of hydrogen-bond acceptors (Lipinski definition) is 2. The Morgan fingerprint density at radius 3 is 2.46 bits per heavy atom. The summed E-state index contributed by atoms with van der Waals surface area (Å²) in [6.07, 6.45) is -4.45. The Morgan fingerprint density at radius 2 is 1.79 bits per heavy atom. The molecule has 0 saturated heterocycles. The number of rotatable bonds is 6. The maximum Gasteiger partial charge on any atom is 0.418 e. The molecule has 0 aliphatic rings. The summed E-state index contributed by atoms with van der Waals surface area (Å²) in [5, 5.41) is 5.36. The molecule has 0 aliphatic heterocycles. The highest BCUT2D eigenvalue weighted by Crippen LogP contribution is 2.36. The Morgan fingerprint density at radius 1 is 1.08 bits per heavy atom. The summed E-state index contributed by atoms with van der Waals surface area (Å²) in [6, 6.07) is 12.8. The highest BCUT2D eigenvalue weighted by molar-refractivity contribution is 6.30. The number of benzene rings is 2. The lowest BCUT2D eigenvalue weighted by Gasteiger charge is -2.15. The van der Waals surface area contributed by atoms with Gasteiger partial charge in [-0.2, -0.15) is 13.2 Å². The summed E-state index contributed by atoms with van der Waals surface area (Å²) in [5.41, 5.74) is 0.0123.